The number of nitrogens with two attached hydrogens (primary N) is 2. The summed E-state index contributed by atoms with van der Waals surface area (Å²) in [6.07, 6.45) is 2.06. The van der Waals surface area contributed by atoms with Crippen molar-refractivity contribution in [1.29, 1.82) is 0 Å². The molecule has 2 atom stereocenters. The van der Waals surface area contributed by atoms with Crippen molar-refractivity contribution >= 4 is 24.5 Å². The van der Waals surface area contributed by atoms with Crippen LogP contribution in [0.15, 0.2) is 0 Å². The number of carboxylic acids is 1. The summed E-state index contributed by atoms with van der Waals surface area (Å²) in [5.41, 5.74) is 10.9. The lowest BCUT2D eigenvalue weighted by atomic mass is 10.1. The van der Waals surface area contributed by atoms with Crippen LogP contribution in [-0.2, 0) is 9.59 Å². The van der Waals surface area contributed by atoms with Gasteiger partial charge in [0.25, 0.3) is 0 Å². The van der Waals surface area contributed by atoms with Gasteiger partial charge in [0, 0.05) is 5.75 Å². The Hall–Kier alpha value is -0.790. The molecule has 0 bridgehead atoms. The first-order valence-corrected chi connectivity index (χ1v) is 5.75. The molecule has 0 aromatic carbocycles. The van der Waals surface area contributed by atoms with Gasteiger partial charge in [-0.05, 0) is 19.4 Å². The van der Waals surface area contributed by atoms with E-state index in [2.05, 4.69) is 17.9 Å². The Morgan fingerprint density at radius 3 is 2.44 bits per heavy atom. The highest BCUT2D eigenvalue weighted by molar-refractivity contribution is 7.80. The Morgan fingerprint density at radius 2 is 2.00 bits per heavy atom. The third-order valence-electron chi connectivity index (χ3n) is 2.10. The van der Waals surface area contributed by atoms with Crippen LogP contribution >= 0.6 is 12.6 Å². The molecule has 0 saturated carbocycles. The molecule has 0 saturated heterocycles. The molecule has 94 valence electrons. The summed E-state index contributed by atoms with van der Waals surface area (Å²) in [6, 6.07) is -1.68. The topological polar surface area (TPSA) is 118 Å². The fourth-order valence-corrected chi connectivity index (χ4v) is 1.35. The zero-order chi connectivity index (χ0) is 12.6. The van der Waals surface area contributed by atoms with E-state index in [9.17, 15) is 9.59 Å². The van der Waals surface area contributed by atoms with Gasteiger partial charge in [-0.2, -0.15) is 12.6 Å². The summed E-state index contributed by atoms with van der Waals surface area (Å²) < 4.78 is 0. The Morgan fingerprint density at radius 1 is 1.38 bits per heavy atom. The molecule has 1 amide bonds. The number of carbonyl (C=O) groups is 2. The number of nitrogens with one attached hydrogen (secondary N) is 1. The lowest BCUT2D eigenvalue weighted by molar-refractivity contribution is -0.141. The highest BCUT2D eigenvalue weighted by Gasteiger charge is 2.21. The maximum absolute atomic E-state index is 11.4. The average molecular weight is 249 g/mol. The van der Waals surface area contributed by atoms with Gasteiger partial charge in [0.1, 0.15) is 6.04 Å². The van der Waals surface area contributed by atoms with Crippen molar-refractivity contribution in [3.8, 4) is 0 Å². The molecular formula is C9H19N3O3S. The van der Waals surface area contributed by atoms with Crippen molar-refractivity contribution < 1.29 is 14.7 Å². The number of thiol groups is 1. The second kappa shape index (κ2) is 8.37. The van der Waals surface area contributed by atoms with Crippen molar-refractivity contribution in [3.05, 3.63) is 0 Å². The van der Waals surface area contributed by atoms with E-state index >= 15 is 0 Å². The first kappa shape index (κ1) is 15.2. The summed E-state index contributed by atoms with van der Waals surface area (Å²) in [5.74, 6) is -1.53. The molecule has 0 aliphatic carbocycles. The molecule has 6 nitrogen and oxygen atoms in total. The number of unbranched alkanes of at least 4 members (excludes halogenated alkanes) is 1. The summed E-state index contributed by atoms with van der Waals surface area (Å²) in [4.78, 5) is 22.1. The Kier molecular flexibility index (Phi) is 7.96. The maximum Gasteiger partial charge on any atom is 0.327 e. The molecule has 0 heterocycles. The predicted molar refractivity (Wildman–Crippen MR) is 64.3 cm³/mol. The zero-order valence-corrected chi connectivity index (χ0v) is 9.95. The van der Waals surface area contributed by atoms with Gasteiger partial charge in [0.2, 0.25) is 5.91 Å². The van der Waals surface area contributed by atoms with Gasteiger partial charge in [-0.15, -0.1) is 0 Å². The molecule has 0 radical (unpaired) electrons. The van der Waals surface area contributed by atoms with E-state index in [1.54, 1.807) is 0 Å². The minimum atomic E-state index is -1.11. The van der Waals surface area contributed by atoms with Crippen LogP contribution in [0.25, 0.3) is 0 Å². The highest BCUT2D eigenvalue weighted by atomic mass is 32.1. The summed E-state index contributed by atoms with van der Waals surface area (Å²) >= 11 is 3.83. The van der Waals surface area contributed by atoms with E-state index in [-0.39, 0.29) is 5.75 Å². The standard InChI is InChI=1S/C9H19N3O3S/c10-4-2-1-3-6(11)8(13)12-7(5-16)9(14)15/h6-7,16H,1-5,10-11H2,(H,12,13)(H,14,15)/t6?,7-/m0/s1. The first-order chi connectivity index (χ1) is 7.52. The van der Waals surface area contributed by atoms with Gasteiger partial charge in [-0.25, -0.2) is 4.79 Å². The van der Waals surface area contributed by atoms with Crippen LogP contribution in [-0.4, -0.2) is 41.4 Å². The van der Waals surface area contributed by atoms with Gasteiger partial charge < -0.3 is 21.9 Å². The second-order valence-electron chi connectivity index (χ2n) is 3.47. The quantitative estimate of drug-likeness (QED) is 0.277. The fraction of sp³-hybridized carbons (Fsp3) is 0.778. The monoisotopic (exact) mass is 249 g/mol. The lowest BCUT2D eigenvalue weighted by Crippen LogP contribution is -2.49. The largest absolute Gasteiger partial charge is 0.480 e. The van der Waals surface area contributed by atoms with Gasteiger partial charge in [0.15, 0.2) is 0 Å². The Bertz CT molecular complexity index is 238. The molecular weight excluding hydrogens is 230 g/mol. The van der Waals surface area contributed by atoms with Gasteiger partial charge >= 0.3 is 5.97 Å². The van der Waals surface area contributed by atoms with E-state index in [4.69, 9.17) is 16.6 Å². The van der Waals surface area contributed by atoms with Crippen molar-refractivity contribution in [2.75, 3.05) is 12.3 Å². The summed E-state index contributed by atoms with van der Waals surface area (Å²) in [5, 5.41) is 11.0. The van der Waals surface area contributed by atoms with Crippen molar-refractivity contribution in [3.63, 3.8) is 0 Å². The smallest absolute Gasteiger partial charge is 0.327 e. The fourth-order valence-electron chi connectivity index (χ4n) is 1.10. The van der Waals surface area contributed by atoms with Gasteiger partial charge in [-0.3, -0.25) is 4.79 Å². The van der Waals surface area contributed by atoms with Crippen LogP contribution in [0.1, 0.15) is 19.3 Å². The third kappa shape index (κ3) is 5.94. The Labute approximate surface area is 100 Å². The molecule has 0 rings (SSSR count). The zero-order valence-electron chi connectivity index (χ0n) is 9.06. The normalized spacial score (nSPS) is 14.2. The van der Waals surface area contributed by atoms with Crippen LogP contribution in [0.5, 0.6) is 0 Å². The number of carbonyl (C=O) groups excluding carboxylic acids is 1. The molecule has 0 aliphatic heterocycles. The SMILES string of the molecule is NCCCCC(N)C(=O)N[C@@H](CS)C(=O)O. The third-order valence-corrected chi connectivity index (χ3v) is 2.47. The van der Waals surface area contributed by atoms with Crippen LogP contribution < -0.4 is 16.8 Å². The molecule has 1 unspecified atom stereocenters. The molecule has 16 heavy (non-hydrogen) atoms. The van der Waals surface area contributed by atoms with E-state index < -0.39 is 24.0 Å². The van der Waals surface area contributed by atoms with E-state index in [1.165, 1.54) is 0 Å². The molecule has 0 aliphatic rings. The summed E-state index contributed by atoms with van der Waals surface area (Å²) in [6.45, 7) is 0.558. The number of rotatable bonds is 8. The van der Waals surface area contributed by atoms with Crippen LogP contribution in [0, 0.1) is 0 Å². The van der Waals surface area contributed by atoms with E-state index in [0.717, 1.165) is 12.8 Å². The lowest BCUT2D eigenvalue weighted by Gasteiger charge is -2.16. The number of carboxylic acid groups (broad SMARTS) is 1. The number of hydrogen-bond acceptors (Lipinski definition) is 5. The molecule has 0 aromatic heterocycles. The minimum absolute atomic E-state index is 0.0383. The van der Waals surface area contributed by atoms with E-state index in [1.807, 2.05) is 0 Å². The molecule has 0 spiro atoms. The van der Waals surface area contributed by atoms with Crippen LogP contribution in [0.3, 0.4) is 0 Å². The predicted octanol–water partition coefficient (Wildman–Crippen LogP) is -1.06. The molecule has 6 N–H and O–H groups in total. The second-order valence-corrected chi connectivity index (χ2v) is 3.84. The molecule has 0 aromatic rings. The number of amides is 1. The van der Waals surface area contributed by atoms with Crippen LogP contribution in [0.4, 0.5) is 0 Å². The number of hydrogen-bond donors (Lipinski definition) is 5. The van der Waals surface area contributed by atoms with E-state index in [0.29, 0.717) is 13.0 Å². The first-order valence-electron chi connectivity index (χ1n) is 5.12. The summed E-state index contributed by atoms with van der Waals surface area (Å²) in [7, 11) is 0. The van der Waals surface area contributed by atoms with Gasteiger partial charge in [-0.1, -0.05) is 6.42 Å². The average Bonchev–Trinajstić information content (AvgIpc) is 2.25. The van der Waals surface area contributed by atoms with Crippen molar-refractivity contribution in [2.45, 2.75) is 31.3 Å². The van der Waals surface area contributed by atoms with Crippen LogP contribution in [0.2, 0.25) is 0 Å². The van der Waals surface area contributed by atoms with Crippen molar-refractivity contribution in [2.24, 2.45) is 11.5 Å². The maximum atomic E-state index is 11.4. The Balaban J connectivity index is 3.98. The number of aliphatic carboxylic acids is 1. The minimum Gasteiger partial charge on any atom is -0.480 e. The molecule has 7 heteroatoms. The van der Waals surface area contributed by atoms with Gasteiger partial charge in [0.05, 0.1) is 6.04 Å². The van der Waals surface area contributed by atoms with Crippen molar-refractivity contribution in [1.82, 2.24) is 5.32 Å². The highest BCUT2D eigenvalue weighted by Crippen LogP contribution is 1.99. The molecule has 0 fully saturated rings.